The van der Waals surface area contributed by atoms with E-state index in [4.69, 9.17) is 9.15 Å². The first-order valence-electron chi connectivity index (χ1n) is 10.1. The maximum Gasteiger partial charge on any atom is 0.411 e. The maximum atomic E-state index is 12.6. The summed E-state index contributed by atoms with van der Waals surface area (Å²) in [5.74, 6) is 0.135. The number of hydrogen-bond acceptors (Lipinski definition) is 5. The van der Waals surface area contributed by atoms with Crippen LogP contribution in [0.25, 0.3) is 0 Å². The van der Waals surface area contributed by atoms with Gasteiger partial charge in [0.25, 0.3) is 5.91 Å². The molecule has 0 spiro atoms. The highest BCUT2D eigenvalue weighted by Crippen LogP contribution is 2.22. The first-order chi connectivity index (χ1) is 14.4. The zero-order chi connectivity index (χ0) is 21.5. The van der Waals surface area contributed by atoms with Crippen molar-refractivity contribution < 1.29 is 23.5 Å². The van der Waals surface area contributed by atoms with E-state index in [-0.39, 0.29) is 23.7 Å². The molecule has 1 aliphatic rings. The number of ether oxygens (including phenoxy) is 1. The van der Waals surface area contributed by atoms with Crippen molar-refractivity contribution >= 4 is 29.3 Å². The van der Waals surface area contributed by atoms with Gasteiger partial charge in [0.2, 0.25) is 5.91 Å². The highest BCUT2D eigenvalue weighted by Gasteiger charge is 2.28. The van der Waals surface area contributed by atoms with Crippen LogP contribution in [0.15, 0.2) is 47.1 Å². The molecular formula is C22H27N3O5. The Labute approximate surface area is 175 Å². The van der Waals surface area contributed by atoms with Crippen LogP contribution in [0.1, 0.15) is 37.2 Å². The molecule has 2 aromatic rings. The fourth-order valence-electron chi connectivity index (χ4n) is 3.22. The summed E-state index contributed by atoms with van der Waals surface area (Å²) in [6.45, 7) is 5.26. The van der Waals surface area contributed by atoms with Crippen LogP contribution in [0.3, 0.4) is 0 Å². The van der Waals surface area contributed by atoms with Crippen molar-refractivity contribution in [1.82, 2.24) is 4.90 Å². The number of rotatable bonds is 6. The Bertz CT molecular complexity index is 871. The Kier molecular flexibility index (Phi) is 7.11. The Morgan fingerprint density at radius 3 is 2.43 bits per heavy atom. The number of likely N-dealkylation sites (tertiary alicyclic amines) is 1. The zero-order valence-electron chi connectivity index (χ0n) is 17.2. The third-order valence-corrected chi connectivity index (χ3v) is 4.81. The van der Waals surface area contributed by atoms with E-state index in [1.807, 2.05) is 13.8 Å². The molecule has 8 heteroatoms. The molecule has 1 aliphatic heterocycles. The topological polar surface area (TPSA) is 101 Å². The lowest BCUT2D eigenvalue weighted by molar-refractivity contribution is -0.121. The molecule has 0 unspecified atom stereocenters. The molecule has 0 radical (unpaired) electrons. The molecule has 160 valence electrons. The van der Waals surface area contributed by atoms with Gasteiger partial charge in [-0.15, -0.1) is 0 Å². The van der Waals surface area contributed by atoms with Gasteiger partial charge in [-0.05, 0) is 49.1 Å². The summed E-state index contributed by atoms with van der Waals surface area (Å²) in [5.41, 5.74) is 1.14. The van der Waals surface area contributed by atoms with Gasteiger partial charge in [-0.1, -0.05) is 19.9 Å². The molecule has 1 saturated heterocycles. The standard InChI is InChI=1S/C22H27N3O5/c1-15(2)14-30-22(28)24-18-6-3-5-17(13-18)23-20(26)16-8-10-25(11-9-16)21(27)19-7-4-12-29-19/h3-7,12-13,15-16H,8-11,14H2,1-2H3,(H,23,26)(H,24,28). The summed E-state index contributed by atoms with van der Waals surface area (Å²) >= 11 is 0. The lowest BCUT2D eigenvalue weighted by Crippen LogP contribution is -2.41. The Balaban J connectivity index is 1.49. The van der Waals surface area contributed by atoms with E-state index in [1.54, 1.807) is 41.3 Å². The molecule has 0 bridgehead atoms. The summed E-state index contributed by atoms with van der Waals surface area (Å²) in [4.78, 5) is 38.5. The lowest BCUT2D eigenvalue weighted by atomic mass is 9.95. The predicted molar refractivity (Wildman–Crippen MR) is 112 cm³/mol. The van der Waals surface area contributed by atoms with Gasteiger partial charge in [-0.2, -0.15) is 0 Å². The minimum absolute atomic E-state index is 0.0976. The van der Waals surface area contributed by atoms with Crippen LogP contribution in [0, 0.1) is 11.8 Å². The molecule has 1 fully saturated rings. The minimum Gasteiger partial charge on any atom is -0.459 e. The molecule has 0 aliphatic carbocycles. The molecule has 2 N–H and O–H groups in total. The third kappa shape index (κ3) is 5.85. The summed E-state index contributed by atoms with van der Waals surface area (Å²) in [5, 5.41) is 5.55. The number of anilines is 2. The predicted octanol–water partition coefficient (Wildman–Crippen LogP) is 3.98. The van der Waals surface area contributed by atoms with E-state index < -0.39 is 6.09 Å². The van der Waals surface area contributed by atoms with E-state index in [0.29, 0.717) is 49.7 Å². The van der Waals surface area contributed by atoms with Crippen LogP contribution in [0.5, 0.6) is 0 Å². The first-order valence-corrected chi connectivity index (χ1v) is 10.1. The highest BCUT2D eigenvalue weighted by molar-refractivity contribution is 5.95. The SMILES string of the molecule is CC(C)COC(=O)Nc1cccc(NC(=O)C2CCN(C(=O)c3ccco3)CC2)c1. The van der Waals surface area contributed by atoms with Crippen LogP contribution >= 0.6 is 0 Å². The second-order valence-electron chi connectivity index (χ2n) is 7.73. The number of amides is 3. The van der Waals surface area contributed by atoms with Gasteiger partial charge in [0.1, 0.15) is 0 Å². The van der Waals surface area contributed by atoms with E-state index in [9.17, 15) is 14.4 Å². The van der Waals surface area contributed by atoms with Crippen molar-refractivity contribution in [2.24, 2.45) is 11.8 Å². The van der Waals surface area contributed by atoms with E-state index in [2.05, 4.69) is 10.6 Å². The molecular weight excluding hydrogens is 386 g/mol. The molecule has 1 aromatic carbocycles. The fraction of sp³-hybridized carbons (Fsp3) is 0.409. The highest BCUT2D eigenvalue weighted by atomic mass is 16.5. The second-order valence-corrected chi connectivity index (χ2v) is 7.73. The molecule has 3 amide bonds. The molecule has 1 aromatic heterocycles. The molecule has 30 heavy (non-hydrogen) atoms. The number of piperidine rings is 1. The Morgan fingerprint density at radius 1 is 1.10 bits per heavy atom. The fourth-order valence-corrected chi connectivity index (χ4v) is 3.22. The summed E-state index contributed by atoms with van der Waals surface area (Å²) in [6.07, 6.45) is 2.11. The van der Waals surface area contributed by atoms with Crippen LogP contribution in [-0.2, 0) is 9.53 Å². The molecule has 2 heterocycles. The monoisotopic (exact) mass is 413 g/mol. The van der Waals surface area contributed by atoms with Crippen LogP contribution in [0.2, 0.25) is 0 Å². The number of carbonyl (C=O) groups excluding carboxylic acids is 3. The van der Waals surface area contributed by atoms with Crippen LogP contribution in [0.4, 0.5) is 16.2 Å². The number of nitrogens with zero attached hydrogens (tertiary/aromatic N) is 1. The average molecular weight is 413 g/mol. The van der Waals surface area contributed by atoms with Gasteiger partial charge in [-0.3, -0.25) is 14.9 Å². The molecule has 8 nitrogen and oxygen atoms in total. The summed E-state index contributed by atoms with van der Waals surface area (Å²) in [6, 6.07) is 10.2. The van der Waals surface area contributed by atoms with Gasteiger partial charge >= 0.3 is 6.09 Å². The van der Waals surface area contributed by atoms with Crippen molar-refractivity contribution in [3.05, 3.63) is 48.4 Å². The van der Waals surface area contributed by atoms with E-state index >= 15 is 0 Å². The maximum absolute atomic E-state index is 12.6. The number of hydrogen-bond donors (Lipinski definition) is 2. The summed E-state index contributed by atoms with van der Waals surface area (Å²) in [7, 11) is 0. The second kappa shape index (κ2) is 9.96. The molecule has 3 rings (SSSR count). The van der Waals surface area contributed by atoms with Crippen molar-refractivity contribution in [3.63, 3.8) is 0 Å². The van der Waals surface area contributed by atoms with Crippen molar-refractivity contribution in [1.29, 1.82) is 0 Å². The lowest BCUT2D eigenvalue weighted by Gasteiger charge is -2.30. The quantitative estimate of drug-likeness (QED) is 0.746. The first kappa shape index (κ1) is 21.4. The smallest absolute Gasteiger partial charge is 0.411 e. The van der Waals surface area contributed by atoms with Crippen molar-refractivity contribution in [3.8, 4) is 0 Å². The van der Waals surface area contributed by atoms with E-state index in [1.165, 1.54) is 6.26 Å². The minimum atomic E-state index is -0.527. The van der Waals surface area contributed by atoms with Gasteiger partial charge in [0.05, 0.1) is 12.9 Å². The molecule has 0 saturated carbocycles. The van der Waals surface area contributed by atoms with Gasteiger partial charge in [0.15, 0.2) is 5.76 Å². The van der Waals surface area contributed by atoms with Gasteiger partial charge in [0, 0.05) is 30.4 Å². The Hall–Kier alpha value is -3.29. The number of nitrogens with one attached hydrogen (secondary N) is 2. The molecule has 0 atom stereocenters. The van der Waals surface area contributed by atoms with Crippen LogP contribution < -0.4 is 10.6 Å². The van der Waals surface area contributed by atoms with Crippen molar-refractivity contribution in [2.45, 2.75) is 26.7 Å². The largest absolute Gasteiger partial charge is 0.459 e. The summed E-state index contributed by atoms with van der Waals surface area (Å²) < 4.78 is 10.3. The number of benzene rings is 1. The average Bonchev–Trinajstić information content (AvgIpc) is 3.27. The van der Waals surface area contributed by atoms with Crippen molar-refractivity contribution in [2.75, 3.05) is 30.3 Å². The number of furan rings is 1. The van der Waals surface area contributed by atoms with E-state index in [0.717, 1.165) is 0 Å². The number of carbonyl (C=O) groups is 3. The van der Waals surface area contributed by atoms with Gasteiger partial charge < -0.3 is 19.4 Å². The third-order valence-electron chi connectivity index (χ3n) is 4.81. The normalized spacial score (nSPS) is 14.4. The van der Waals surface area contributed by atoms with Gasteiger partial charge in [-0.25, -0.2) is 4.79 Å². The zero-order valence-corrected chi connectivity index (χ0v) is 17.2. The Morgan fingerprint density at radius 2 is 1.80 bits per heavy atom. The van der Waals surface area contributed by atoms with Crippen LogP contribution in [-0.4, -0.2) is 42.5 Å².